The van der Waals surface area contributed by atoms with Crippen LogP contribution in [0.1, 0.15) is 35.3 Å². The Hall–Kier alpha value is -3.01. The summed E-state index contributed by atoms with van der Waals surface area (Å²) in [6.45, 7) is 9.83. The van der Waals surface area contributed by atoms with Crippen LogP contribution in [0.4, 0.5) is 11.4 Å². The van der Waals surface area contributed by atoms with Gasteiger partial charge in [0.05, 0.1) is 17.9 Å². The van der Waals surface area contributed by atoms with E-state index >= 15 is 0 Å². The van der Waals surface area contributed by atoms with E-state index in [2.05, 4.69) is 11.9 Å². The molecular weight excluding hydrogens is 326 g/mol. The largest absolute Gasteiger partial charge is 0.477 e. The average molecular weight is 349 g/mol. The molecule has 4 nitrogen and oxygen atoms in total. The third-order valence-electron chi connectivity index (χ3n) is 4.43. The number of fused-ring (bicyclic) bond motifs is 1. The molecule has 3 rings (SSSR count). The van der Waals surface area contributed by atoms with Crippen molar-refractivity contribution in [3.8, 4) is 5.75 Å². The Morgan fingerprint density at radius 1 is 1.35 bits per heavy atom. The lowest BCUT2D eigenvalue weighted by Gasteiger charge is -2.31. The van der Waals surface area contributed by atoms with Gasteiger partial charge in [-0.25, -0.2) is 4.79 Å². The predicted octanol–water partition coefficient (Wildman–Crippen LogP) is 5.27. The summed E-state index contributed by atoms with van der Waals surface area (Å²) in [7, 11) is 0. The second kappa shape index (κ2) is 7.08. The van der Waals surface area contributed by atoms with Crippen molar-refractivity contribution in [2.75, 3.05) is 11.9 Å². The van der Waals surface area contributed by atoms with Crippen molar-refractivity contribution >= 4 is 23.4 Å². The van der Waals surface area contributed by atoms with Crippen molar-refractivity contribution in [1.82, 2.24) is 0 Å². The molecular formula is C22H23NO3. The van der Waals surface area contributed by atoms with Crippen molar-refractivity contribution in [3.63, 3.8) is 0 Å². The Bertz CT molecular complexity index is 871. The number of nitrogens with one attached hydrogen (secondary N) is 1. The van der Waals surface area contributed by atoms with Crippen LogP contribution in [0.2, 0.25) is 0 Å². The van der Waals surface area contributed by atoms with Crippen molar-refractivity contribution < 1.29 is 14.3 Å². The lowest BCUT2D eigenvalue weighted by molar-refractivity contribution is 0.0525. The molecule has 1 atom stereocenters. The number of esters is 1. The highest BCUT2D eigenvalue weighted by atomic mass is 16.5. The summed E-state index contributed by atoms with van der Waals surface area (Å²) in [4.78, 5) is 12.4. The summed E-state index contributed by atoms with van der Waals surface area (Å²) in [6.07, 6.45) is 5.64. The van der Waals surface area contributed by atoms with Crippen LogP contribution in [-0.2, 0) is 4.74 Å². The number of anilines is 2. The molecule has 0 saturated carbocycles. The van der Waals surface area contributed by atoms with E-state index in [1.54, 1.807) is 13.0 Å². The van der Waals surface area contributed by atoms with Crippen LogP contribution < -0.4 is 10.1 Å². The van der Waals surface area contributed by atoms with Gasteiger partial charge in [0.15, 0.2) is 5.75 Å². The molecule has 0 radical (unpaired) electrons. The fourth-order valence-electron chi connectivity index (χ4n) is 2.87. The van der Waals surface area contributed by atoms with Crippen LogP contribution in [0.5, 0.6) is 5.75 Å². The molecule has 1 heterocycles. The zero-order valence-corrected chi connectivity index (χ0v) is 15.3. The van der Waals surface area contributed by atoms with E-state index in [0.29, 0.717) is 17.9 Å². The quantitative estimate of drug-likeness (QED) is 0.590. The highest BCUT2D eigenvalue weighted by Gasteiger charge is 2.29. The zero-order valence-electron chi connectivity index (χ0n) is 15.3. The Balaban J connectivity index is 2.16. The molecule has 2 aromatic carbocycles. The minimum atomic E-state index is -0.599. The molecule has 134 valence electrons. The first-order chi connectivity index (χ1) is 12.5. The maximum absolute atomic E-state index is 12.4. The number of rotatable bonds is 5. The van der Waals surface area contributed by atoms with E-state index in [0.717, 1.165) is 22.5 Å². The highest BCUT2D eigenvalue weighted by molar-refractivity contribution is 5.96. The molecule has 0 bridgehead atoms. The molecule has 0 aromatic heterocycles. The number of carbonyl (C=O) groups excluding carboxylic acids is 1. The van der Waals surface area contributed by atoms with Crippen LogP contribution in [0.15, 0.2) is 55.1 Å². The summed E-state index contributed by atoms with van der Waals surface area (Å²) in [5.74, 6) is 0.360. The summed E-state index contributed by atoms with van der Waals surface area (Å²) >= 11 is 0. The van der Waals surface area contributed by atoms with E-state index in [9.17, 15) is 4.79 Å². The first-order valence-corrected chi connectivity index (χ1v) is 8.66. The van der Waals surface area contributed by atoms with E-state index in [4.69, 9.17) is 9.47 Å². The molecule has 0 aliphatic carbocycles. The third-order valence-corrected chi connectivity index (χ3v) is 4.43. The molecule has 1 aliphatic rings. The van der Waals surface area contributed by atoms with Crippen LogP contribution in [0, 0.1) is 6.92 Å². The Labute approximate surface area is 154 Å². The van der Waals surface area contributed by atoms with Gasteiger partial charge < -0.3 is 14.8 Å². The average Bonchev–Trinajstić information content (AvgIpc) is 2.65. The van der Waals surface area contributed by atoms with Gasteiger partial charge in [-0.15, -0.1) is 0 Å². The lowest BCUT2D eigenvalue weighted by atomic mass is 9.95. The summed E-state index contributed by atoms with van der Waals surface area (Å²) in [5, 5.41) is 3.40. The smallest absolute Gasteiger partial charge is 0.338 e. The first-order valence-electron chi connectivity index (χ1n) is 8.66. The molecule has 4 heteroatoms. The molecule has 0 saturated heterocycles. The van der Waals surface area contributed by atoms with Gasteiger partial charge >= 0.3 is 5.97 Å². The summed E-state index contributed by atoms with van der Waals surface area (Å²) in [5.41, 5.74) is 3.22. The number of carbonyl (C=O) groups is 1. The number of hydrogen-bond acceptors (Lipinski definition) is 4. The first kappa shape index (κ1) is 17.8. The maximum atomic E-state index is 12.4. The minimum absolute atomic E-state index is 0.331. The van der Waals surface area contributed by atoms with Crippen LogP contribution in [-0.4, -0.2) is 18.2 Å². The van der Waals surface area contributed by atoms with E-state index in [1.807, 2.05) is 62.4 Å². The van der Waals surface area contributed by atoms with Gasteiger partial charge in [0.1, 0.15) is 5.60 Å². The SMILES string of the molecule is C=CC1(C)C=Cc2cc(C(=O)OCC)c(C)c(Nc3ccccc3)c2O1. The Morgan fingerprint density at radius 3 is 2.73 bits per heavy atom. The minimum Gasteiger partial charge on any atom is -0.477 e. The lowest BCUT2D eigenvalue weighted by Crippen LogP contribution is -2.29. The highest BCUT2D eigenvalue weighted by Crippen LogP contribution is 2.42. The molecule has 0 fully saturated rings. The van der Waals surface area contributed by atoms with Gasteiger partial charge in [-0.2, -0.15) is 0 Å². The number of para-hydroxylation sites is 1. The fourth-order valence-corrected chi connectivity index (χ4v) is 2.87. The second-order valence-corrected chi connectivity index (χ2v) is 6.38. The molecule has 0 amide bonds. The summed E-state index contributed by atoms with van der Waals surface area (Å²) < 4.78 is 11.4. The monoisotopic (exact) mass is 349 g/mol. The molecule has 1 unspecified atom stereocenters. The van der Waals surface area contributed by atoms with Crippen molar-refractivity contribution in [3.05, 3.63) is 71.8 Å². The van der Waals surface area contributed by atoms with Crippen LogP contribution >= 0.6 is 0 Å². The number of hydrogen-bond donors (Lipinski definition) is 1. The van der Waals surface area contributed by atoms with Crippen molar-refractivity contribution in [1.29, 1.82) is 0 Å². The van der Waals surface area contributed by atoms with Gasteiger partial charge in [0.25, 0.3) is 0 Å². The van der Waals surface area contributed by atoms with Crippen molar-refractivity contribution in [2.24, 2.45) is 0 Å². The van der Waals surface area contributed by atoms with Gasteiger partial charge in [-0.3, -0.25) is 0 Å². The van der Waals surface area contributed by atoms with Gasteiger partial charge in [-0.05, 0) is 56.7 Å². The molecule has 26 heavy (non-hydrogen) atoms. The molecule has 1 N–H and O–H groups in total. The van der Waals surface area contributed by atoms with Crippen molar-refractivity contribution in [2.45, 2.75) is 26.4 Å². The molecule has 2 aromatic rings. The Kier molecular flexibility index (Phi) is 4.85. The van der Waals surface area contributed by atoms with Crippen LogP contribution in [0.25, 0.3) is 6.08 Å². The van der Waals surface area contributed by atoms with Crippen LogP contribution in [0.3, 0.4) is 0 Å². The molecule has 0 spiro atoms. The topological polar surface area (TPSA) is 47.6 Å². The second-order valence-electron chi connectivity index (χ2n) is 6.38. The molecule has 1 aliphatic heterocycles. The number of ether oxygens (including phenoxy) is 2. The zero-order chi connectivity index (χ0) is 18.7. The third kappa shape index (κ3) is 3.36. The Morgan fingerprint density at radius 2 is 2.08 bits per heavy atom. The van der Waals surface area contributed by atoms with E-state index in [1.165, 1.54) is 0 Å². The van der Waals surface area contributed by atoms with E-state index in [-0.39, 0.29) is 5.97 Å². The van der Waals surface area contributed by atoms with Gasteiger partial charge in [0, 0.05) is 11.3 Å². The number of benzene rings is 2. The van der Waals surface area contributed by atoms with Gasteiger partial charge in [0.2, 0.25) is 0 Å². The predicted molar refractivity (Wildman–Crippen MR) is 105 cm³/mol. The fraction of sp³-hybridized carbons (Fsp3) is 0.227. The maximum Gasteiger partial charge on any atom is 0.338 e. The summed E-state index contributed by atoms with van der Waals surface area (Å²) in [6, 6.07) is 11.6. The van der Waals surface area contributed by atoms with Gasteiger partial charge in [-0.1, -0.05) is 30.9 Å². The standard InChI is InChI=1S/C22H23NO3/c1-5-22(4)13-12-16-14-18(21(24)25-6-2)15(3)19(20(16)26-22)23-17-10-8-7-9-11-17/h5,7-14,23H,1,6H2,2-4H3. The normalized spacial score (nSPS) is 17.8. The van der Waals surface area contributed by atoms with E-state index < -0.39 is 5.60 Å².